The zero-order valence-corrected chi connectivity index (χ0v) is 20.5. The van der Waals surface area contributed by atoms with Gasteiger partial charge in [-0.3, -0.25) is 9.59 Å². The molecule has 1 aromatic rings. The maximum Gasteiger partial charge on any atom is 0.336 e. The number of nitrogens with one attached hydrogen (secondary N) is 1. The molecule has 1 heterocycles. The van der Waals surface area contributed by atoms with E-state index < -0.39 is 23.8 Å². The minimum Gasteiger partial charge on any atom is -0.497 e. The number of rotatable bonds is 8. The van der Waals surface area contributed by atoms with E-state index in [9.17, 15) is 14.4 Å². The summed E-state index contributed by atoms with van der Waals surface area (Å²) in [7, 11) is 2.85. The van der Waals surface area contributed by atoms with Crippen molar-refractivity contribution < 1.29 is 28.6 Å². The van der Waals surface area contributed by atoms with Crippen LogP contribution in [0.1, 0.15) is 38.7 Å². The summed E-state index contributed by atoms with van der Waals surface area (Å²) in [5.74, 6) is -0.933. The highest BCUT2D eigenvalue weighted by Gasteiger charge is 2.47. The fraction of sp³-hybridized carbons (Fsp3) is 0.480. The minimum atomic E-state index is -0.916. The van der Waals surface area contributed by atoms with Crippen LogP contribution in [0.15, 0.2) is 46.8 Å². The average Bonchev–Trinajstić information content (AvgIpc) is 2.80. The van der Waals surface area contributed by atoms with Gasteiger partial charge < -0.3 is 19.5 Å². The molecule has 1 N–H and O–H groups in total. The molecule has 1 aromatic carbocycles. The van der Waals surface area contributed by atoms with Gasteiger partial charge in [0.1, 0.15) is 18.3 Å². The van der Waals surface area contributed by atoms with Crippen molar-refractivity contribution in [2.45, 2.75) is 33.1 Å². The van der Waals surface area contributed by atoms with Crippen molar-refractivity contribution in [1.82, 2.24) is 5.32 Å². The number of dihydropyridines is 1. The SMILES string of the molecule is CCSCCOC(=O)C1=C(C)NC2=C(C(=O)[C@@H](C(=O)OC)[C@H](C)C2)[C@H]1c1cccc(OC)c1. The lowest BCUT2D eigenvalue weighted by molar-refractivity contribution is -0.151. The monoisotopic (exact) mass is 473 g/mol. The van der Waals surface area contributed by atoms with Crippen molar-refractivity contribution in [3.63, 3.8) is 0 Å². The molecule has 0 saturated carbocycles. The number of Topliss-reactive ketones (excluding diaryl/α,β-unsaturated/α-hetero) is 1. The molecule has 0 saturated heterocycles. The van der Waals surface area contributed by atoms with Gasteiger partial charge in [0.25, 0.3) is 0 Å². The summed E-state index contributed by atoms with van der Waals surface area (Å²) in [6, 6.07) is 7.29. The number of hydrogen-bond donors (Lipinski definition) is 1. The summed E-state index contributed by atoms with van der Waals surface area (Å²) < 4.78 is 15.9. The Hall–Kier alpha value is -2.74. The lowest BCUT2D eigenvalue weighted by atomic mass is 9.69. The molecule has 0 unspecified atom stereocenters. The van der Waals surface area contributed by atoms with E-state index in [4.69, 9.17) is 14.2 Å². The maximum atomic E-state index is 13.7. The third kappa shape index (κ3) is 5.11. The van der Waals surface area contributed by atoms with E-state index in [1.165, 1.54) is 7.11 Å². The van der Waals surface area contributed by atoms with Crippen LogP contribution in [0.5, 0.6) is 5.75 Å². The van der Waals surface area contributed by atoms with Crippen molar-refractivity contribution in [3.05, 3.63) is 52.4 Å². The first-order valence-corrected chi connectivity index (χ1v) is 12.2. The van der Waals surface area contributed by atoms with Crippen LogP contribution in [-0.4, -0.2) is 50.1 Å². The Labute approximate surface area is 198 Å². The zero-order chi connectivity index (χ0) is 24.1. The van der Waals surface area contributed by atoms with Crippen LogP contribution < -0.4 is 10.1 Å². The number of carbonyl (C=O) groups excluding carboxylic acids is 3. The fourth-order valence-corrected chi connectivity index (χ4v) is 5.01. The molecule has 0 spiro atoms. The highest BCUT2D eigenvalue weighted by Crippen LogP contribution is 2.45. The summed E-state index contributed by atoms with van der Waals surface area (Å²) in [5, 5.41) is 3.27. The van der Waals surface area contributed by atoms with Crippen molar-refractivity contribution in [1.29, 1.82) is 0 Å². The first-order chi connectivity index (χ1) is 15.8. The van der Waals surface area contributed by atoms with Crippen LogP contribution in [0.2, 0.25) is 0 Å². The Kier molecular flexibility index (Phi) is 8.24. The number of carbonyl (C=O) groups is 3. The molecule has 0 radical (unpaired) electrons. The second-order valence-corrected chi connectivity index (χ2v) is 9.54. The summed E-state index contributed by atoms with van der Waals surface area (Å²) >= 11 is 1.68. The van der Waals surface area contributed by atoms with Gasteiger partial charge in [0, 0.05) is 28.6 Å². The molecule has 0 aromatic heterocycles. The normalized spacial score (nSPS) is 22.5. The van der Waals surface area contributed by atoms with Crippen LogP contribution >= 0.6 is 11.8 Å². The smallest absolute Gasteiger partial charge is 0.336 e. The van der Waals surface area contributed by atoms with Gasteiger partial charge >= 0.3 is 11.9 Å². The van der Waals surface area contributed by atoms with Crippen LogP contribution in [0.3, 0.4) is 0 Å². The second kappa shape index (κ2) is 10.9. The Bertz CT molecular complexity index is 998. The number of methoxy groups -OCH3 is 2. The van der Waals surface area contributed by atoms with Gasteiger partial charge in [-0.05, 0) is 42.7 Å². The first-order valence-electron chi connectivity index (χ1n) is 11.1. The molecule has 0 fully saturated rings. The molecule has 0 amide bonds. The van der Waals surface area contributed by atoms with Gasteiger partial charge in [-0.2, -0.15) is 11.8 Å². The third-order valence-electron chi connectivity index (χ3n) is 6.06. The molecule has 8 heteroatoms. The number of thioether (sulfide) groups is 1. The Balaban J connectivity index is 2.09. The average molecular weight is 474 g/mol. The predicted octanol–water partition coefficient (Wildman–Crippen LogP) is 3.60. The zero-order valence-electron chi connectivity index (χ0n) is 19.7. The van der Waals surface area contributed by atoms with Crippen molar-refractivity contribution in [3.8, 4) is 5.75 Å². The van der Waals surface area contributed by atoms with E-state index in [0.29, 0.717) is 34.8 Å². The van der Waals surface area contributed by atoms with Crippen molar-refractivity contribution in [2.24, 2.45) is 11.8 Å². The summed E-state index contributed by atoms with van der Waals surface area (Å²) in [6.07, 6.45) is 0.494. The van der Waals surface area contributed by atoms with E-state index in [-0.39, 0.29) is 18.3 Å². The molecule has 178 valence electrons. The van der Waals surface area contributed by atoms with Gasteiger partial charge in [-0.25, -0.2) is 4.79 Å². The Morgan fingerprint density at radius 3 is 2.67 bits per heavy atom. The molecule has 3 rings (SSSR count). The number of esters is 2. The quantitative estimate of drug-likeness (QED) is 0.348. The molecular formula is C25H31NO6S. The Morgan fingerprint density at radius 1 is 1.24 bits per heavy atom. The van der Waals surface area contributed by atoms with E-state index in [1.807, 2.05) is 39.0 Å². The topological polar surface area (TPSA) is 90.9 Å². The van der Waals surface area contributed by atoms with Gasteiger partial charge in [-0.15, -0.1) is 0 Å². The molecule has 33 heavy (non-hydrogen) atoms. The molecule has 3 atom stereocenters. The van der Waals surface area contributed by atoms with Crippen molar-refractivity contribution in [2.75, 3.05) is 32.3 Å². The maximum absolute atomic E-state index is 13.7. The number of benzene rings is 1. The van der Waals surface area contributed by atoms with Crippen LogP contribution in [0.25, 0.3) is 0 Å². The van der Waals surface area contributed by atoms with Gasteiger partial charge in [0.2, 0.25) is 0 Å². The molecule has 7 nitrogen and oxygen atoms in total. The number of ketones is 1. The molecular weight excluding hydrogens is 442 g/mol. The van der Waals surface area contributed by atoms with E-state index in [1.54, 1.807) is 24.9 Å². The molecule has 1 aliphatic heterocycles. The number of hydrogen-bond acceptors (Lipinski definition) is 8. The minimum absolute atomic E-state index is 0.227. The fourth-order valence-electron chi connectivity index (χ4n) is 4.52. The number of allylic oxidation sites excluding steroid dienone is 3. The highest BCUT2D eigenvalue weighted by atomic mass is 32.2. The predicted molar refractivity (Wildman–Crippen MR) is 127 cm³/mol. The highest BCUT2D eigenvalue weighted by molar-refractivity contribution is 7.99. The second-order valence-electron chi connectivity index (χ2n) is 8.14. The van der Waals surface area contributed by atoms with Gasteiger partial charge in [0.15, 0.2) is 5.78 Å². The lowest BCUT2D eigenvalue weighted by Gasteiger charge is -2.38. The van der Waals surface area contributed by atoms with Gasteiger partial charge in [0.05, 0.1) is 19.8 Å². The molecule has 2 aliphatic rings. The first kappa shape index (κ1) is 24.9. The summed E-state index contributed by atoms with van der Waals surface area (Å²) in [6.45, 7) is 6.00. The standard InChI is InChI=1S/C25H31NO6S/c1-6-33-11-10-32-25(29)20-15(3)26-18-12-14(2)19(24(28)31-5)23(27)22(18)21(20)16-8-7-9-17(13-16)30-4/h7-9,13-14,19,21,26H,6,10-12H2,1-5H3/t14-,19+,21+/m1/s1. The van der Waals surface area contributed by atoms with Gasteiger partial charge in [-0.1, -0.05) is 26.0 Å². The largest absolute Gasteiger partial charge is 0.497 e. The van der Waals surface area contributed by atoms with E-state index in [0.717, 1.165) is 17.0 Å². The molecule has 1 aliphatic carbocycles. The van der Waals surface area contributed by atoms with Crippen molar-refractivity contribution >= 4 is 29.5 Å². The van der Waals surface area contributed by atoms with Crippen LogP contribution in [0.4, 0.5) is 0 Å². The number of ether oxygens (including phenoxy) is 3. The van der Waals surface area contributed by atoms with Crippen LogP contribution in [-0.2, 0) is 23.9 Å². The third-order valence-corrected chi connectivity index (χ3v) is 6.92. The lowest BCUT2D eigenvalue weighted by Crippen LogP contribution is -2.43. The van der Waals surface area contributed by atoms with Crippen LogP contribution in [0, 0.1) is 11.8 Å². The van der Waals surface area contributed by atoms with E-state index in [2.05, 4.69) is 5.32 Å². The van der Waals surface area contributed by atoms with E-state index >= 15 is 0 Å². The summed E-state index contributed by atoms with van der Waals surface area (Å²) in [5.41, 5.74) is 2.89. The molecule has 0 bridgehead atoms. The summed E-state index contributed by atoms with van der Waals surface area (Å²) in [4.78, 5) is 39.4. The Morgan fingerprint density at radius 2 is 2.00 bits per heavy atom.